The quantitative estimate of drug-likeness (QED) is 0.0734. The van der Waals surface area contributed by atoms with E-state index in [4.69, 9.17) is 72.0 Å². The molecule has 0 saturated heterocycles. The van der Waals surface area contributed by atoms with Gasteiger partial charge in [0.25, 0.3) is 0 Å². The molecule has 0 aromatic rings. The van der Waals surface area contributed by atoms with Gasteiger partial charge in [-0.2, -0.15) is 0 Å². The summed E-state index contributed by atoms with van der Waals surface area (Å²) in [5.74, 6) is -0.0825. The highest BCUT2D eigenvalue weighted by Gasteiger charge is 2.17. The van der Waals surface area contributed by atoms with Crippen LogP contribution in [0.5, 0.6) is 0 Å². The molecule has 0 aromatic heterocycles. The molecule has 0 saturated carbocycles. The third-order valence-electron chi connectivity index (χ3n) is 7.26. The minimum atomic E-state index is -0.552. The predicted octanol–water partition coefficient (Wildman–Crippen LogP) is 1.41. The lowest BCUT2D eigenvalue weighted by Gasteiger charge is -2.23. The number of carbonyl (C=O) groups is 3. The van der Waals surface area contributed by atoms with Gasteiger partial charge in [-0.15, -0.1) is 0 Å². The Morgan fingerprint density at radius 2 is 0.645 bits per heavy atom. The second-order valence-corrected chi connectivity index (χ2v) is 15.1. The standard InChI is InChI=1S/C41H82N4O17/c1-40(2,3)61-38(47)43-9-15-51-21-27-57-29-23-53-17-11-45(12-18-54-24-30-58-28-22-52-16-10-44-39(48)62-41(4,5)6)37(46)7-13-49-19-25-55-31-33-59-35-36-60-34-32-56-26-20-50-14-8-42/h7-36,42H2,1-6H3,(H,43,47)(H,44,48). The average Bonchev–Trinajstić information content (AvgIpc) is 3.20. The van der Waals surface area contributed by atoms with Crippen LogP contribution in [0.1, 0.15) is 48.0 Å². The highest BCUT2D eigenvalue weighted by atomic mass is 16.6. The van der Waals surface area contributed by atoms with E-state index in [1.165, 1.54) is 0 Å². The Morgan fingerprint density at radius 1 is 0.387 bits per heavy atom. The SMILES string of the molecule is CC(C)(C)OC(=O)NCCOCCOCCOCCN(CCOCCOCCOCCNC(=O)OC(C)(C)C)C(=O)CCOCCOCCOCCOCCOCCOCCN. The van der Waals surface area contributed by atoms with Crippen LogP contribution in [-0.2, 0) is 71.1 Å². The number of ether oxygens (including phenoxy) is 14. The monoisotopic (exact) mass is 903 g/mol. The Bertz CT molecular complexity index is 985. The van der Waals surface area contributed by atoms with E-state index < -0.39 is 23.4 Å². The van der Waals surface area contributed by atoms with Gasteiger partial charge < -0.3 is 87.6 Å². The van der Waals surface area contributed by atoms with Crippen LogP contribution in [0, 0.1) is 0 Å². The van der Waals surface area contributed by atoms with E-state index in [9.17, 15) is 14.4 Å². The van der Waals surface area contributed by atoms with Crippen molar-refractivity contribution < 1.29 is 80.7 Å². The van der Waals surface area contributed by atoms with Crippen molar-refractivity contribution in [3.63, 3.8) is 0 Å². The van der Waals surface area contributed by atoms with Gasteiger partial charge in [0.15, 0.2) is 0 Å². The third kappa shape index (κ3) is 47.0. The lowest BCUT2D eigenvalue weighted by atomic mass is 10.2. The fraction of sp³-hybridized carbons (Fsp3) is 0.927. The largest absolute Gasteiger partial charge is 0.444 e. The van der Waals surface area contributed by atoms with Gasteiger partial charge in [-0.25, -0.2) is 9.59 Å². The molecule has 62 heavy (non-hydrogen) atoms. The van der Waals surface area contributed by atoms with Crippen molar-refractivity contribution in [1.29, 1.82) is 0 Å². The third-order valence-corrected chi connectivity index (χ3v) is 7.26. The van der Waals surface area contributed by atoms with E-state index in [-0.39, 0.29) is 18.9 Å². The molecule has 0 radical (unpaired) electrons. The van der Waals surface area contributed by atoms with Crippen molar-refractivity contribution in [1.82, 2.24) is 15.5 Å². The molecule has 0 aliphatic heterocycles. The second-order valence-electron chi connectivity index (χ2n) is 15.1. The summed E-state index contributed by atoms with van der Waals surface area (Å²) >= 11 is 0. The number of rotatable bonds is 44. The van der Waals surface area contributed by atoms with Crippen LogP contribution in [0.2, 0.25) is 0 Å². The molecule has 21 heteroatoms. The Morgan fingerprint density at radius 3 is 0.935 bits per heavy atom. The summed E-state index contributed by atoms with van der Waals surface area (Å²) in [5, 5.41) is 5.26. The number of nitrogens with one attached hydrogen (secondary N) is 2. The summed E-state index contributed by atoms with van der Waals surface area (Å²) in [6.45, 7) is 22.3. The number of amides is 3. The fourth-order valence-corrected chi connectivity index (χ4v) is 4.48. The maximum Gasteiger partial charge on any atom is 0.407 e. The summed E-state index contributed by atoms with van der Waals surface area (Å²) in [5.41, 5.74) is 4.25. The minimum absolute atomic E-state index is 0.0825. The summed E-state index contributed by atoms with van der Waals surface area (Å²) < 4.78 is 76.5. The van der Waals surface area contributed by atoms with Gasteiger partial charge in [-0.3, -0.25) is 4.79 Å². The van der Waals surface area contributed by atoms with Gasteiger partial charge >= 0.3 is 12.2 Å². The van der Waals surface area contributed by atoms with Gasteiger partial charge in [0, 0.05) is 32.7 Å². The Hall–Kier alpha value is -2.51. The molecule has 0 aliphatic carbocycles. The van der Waals surface area contributed by atoms with Crippen molar-refractivity contribution in [2.75, 3.05) is 191 Å². The van der Waals surface area contributed by atoms with Gasteiger partial charge in [0.1, 0.15) is 11.2 Å². The molecule has 0 aliphatic rings. The summed E-state index contributed by atoms with van der Waals surface area (Å²) in [6.07, 6.45) is -0.772. The summed E-state index contributed by atoms with van der Waals surface area (Å²) in [4.78, 5) is 38.1. The second kappa shape index (κ2) is 42.4. The molecule has 4 N–H and O–H groups in total. The van der Waals surface area contributed by atoms with Crippen LogP contribution in [0.4, 0.5) is 9.59 Å². The number of hydrogen-bond acceptors (Lipinski definition) is 18. The first-order chi connectivity index (χ1) is 29.8. The molecular formula is C41H82N4O17. The highest BCUT2D eigenvalue weighted by molar-refractivity contribution is 5.76. The van der Waals surface area contributed by atoms with E-state index >= 15 is 0 Å². The summed E-state index contributed by atoms with van der Waals surface area (Å²) in [6, 6.07) is 0. The molecule has 0 rings (SSSR count). The highest BCUT2D eigenvalue weighted by Crippen LogP contribution is 2.07. The van der Waals surface area contributed by atoms with Crippen LogP contribution >= 0.6 is 0 Å². The number of carbonyl (C=O) groups excluding carboxylic acids is 3. The number of nitrogens with two attached hydrogens (primary N) is 1. The molecule has 0 atom stereocenters. The van der Waals surface area contributed by atoms with Crippen LogP contribution in [0.3, 0.4) is 0 Å². The van der Waals surface area contributed by atoms with E-state index in [1.807, 2.05) is 0 Å². The van der Waals surface area contributed by atoms with E-state index in [0.29, 0.717) is 185 Å². The van der Waals surface area contributed by atoms with Crippen molar-refractivity contribution in [2.45, 2.75) is 59.2 Å². The molecule has 21 nitrogen and oxygen atoms in total. The van der Waals surface area contributed by atoms with Gasteiger partial charge in [-0.05, 0) is 41.5 Å². The molecule has 0 heterocycles. The molecule has 3 amide bonds. The van der Waals surface area contributed by atoms with E-state index in [2.05, 4.69) is 10.6 Å². The van der Waals surface area contributed by atoms with Crippen LogP contribution in [0.15, 0.2) is 0 Å². The molecule has 0 unspecified atom stereocenters. The van der Waals surface area contributed by atoms with E-state index in [1.54, 1.807) is 46.4 Å². The zero-order chi connectivity index (χ0) is 45.8. The van der Waals surface area contributed by atoms with Crippen LogP contribution < -0.4 is 16.4 Å². The molecule has 368 valence electrons. The molecule has 0 bridgehead atoms. The molecule has 0 fully saturated rings. The average molecular weight is 903 g/mol. The topological polar surface area (TPSA) is 234 Å². The first-order valence-electron chi connectivity index (χ1n) is 21.7. The Balaban J connectivity index is 4.19. The van der Waals surface area contributed by atoms with Gasteiger partial charge in [0.2, 0.25) is 5.91 Å². The zero-order valence-electron chi connectivity index (χ0n) is 38.7. The maximum absolute atomic E-state index is 13.1. The lowest BCUT2D eigenvalue weighted by molar-refractivity contribution is -0.134. The minimum Gasteiger partial charge on any atom is -0.444 e. The number of alkyl carbamates (subject to hydrolysis) is 2. The normalized spacial score (nSPS) is 11.8. The molecule has 0 spiro atoms. The first-order valence-corrected chi connectivity index (χ1v) is 21.7. The Kier molecular flexibility index (Phi) is 40.7. The van der Waals surface area contributed by atoms with Crippen molar-refractivity contribution in [3.8, 4) is 0 Å². The maximum atomic E-state index is 13.1. The van der Waals surface area contributed by atoms with Gasteiger partial charge in [0.05, 0.1) is 165 Å². The van der Waals surface area contributed by atoms with E-state index in [0.717, 1.165) is 0 Å². The van der Waals surface area contributed by atoms with Crippen molar-refractivity contribution in [3.05, 3.63) is 0 Å². The number of hydrogen-bond donors (Lipinski definition) is 3. The Labute approximate surface area is 370 Å². The predicted molar refractivity (Wildman–Crippen MR) is 229 cm³/mol. The number of nitrogens with zero attached hydrogens (tertiary/aromatic N) is 1. The fourth-order valence-electron chi connectivity index (χ4n) is 4.48. The molecule has 0 aromatic carbocycles. The summed E-state index contributed by atoms with van der Waals surface area (Å²) in [7, 11) is 0. The van der Waals surface area contributed by atoms with Crippen LogP contribution in [-0.4, -0.2) is 225 Å². The lowest BCUT2D eigenvalue weighted by Crippen LogP contribution is -2.37. The first kappa shape index (κ1) is 59.5. The van der Waals surface area contributed by atoms with Crippen molar-refractivity contribution >= 4 is 18.1 Å². The molecular weight excluding hydrogens is 820 g/mol. The van der Waals surface area contributed by atoms with Gasteiger partial charge in [-0.1, -0.05) is 0 Å². The van der Waals surface area contributed by atoms with Crippen molar-refractivity contribution in [2.24, 2.45) is 5.73 Å². The smallest absolute Gasteiger partial charge is 0.407 e. The van der Waals surface area contributed by atoms with Crippen LogP contribution in [0.25, 0.3) is 0 Å². The zero-order valence-corrected chi connectivity index (χ0v) is 38.7.